The van der Waals surface area contributed by atoms with Gasteiger partial charge in [-0.15, -0.1) is 0 Å². The minimum Gasteiger partial charge on any atom is -0.383 e. The molecule has 2 aromatic rings. The highest BCUT2D eigenvalue weighted by Gasteiger charge is 2.52. The Morgan fingerprint density at radius 3 is 2.13 bits per heavy atom. The average molecular weight is 660 g/mol. The lowest BCUT2D eigenvalue weighted by molar-refractivity contribution is -0.140. The van der Waals surface area contributed by atoms with Gasteiger partial charge in [0.15, 0.2) is 9.84 Å². The van der Waals surface area contributed by atoms with Gasteiger partial charge in [-0.3, -0.25) is 4.79 Å². The first-order valence-electron chi connectivity index (χ1n) is 13.3. The van der Waals surface area contributed by atoms with E-state index in [1.807, 2.05) is 0 Å². The number of amides is 3. The van der Waals surface area contributed by atoms with Crippen LogP contribution in [-0.4, -0.2) is 62.2 Å². The first-order valence-corrected chi connectivity index (χ1v) is 15.2. The fourth-order valence-electron chi connectivity index (χ4n) is 4.54. The zero-order valence-electron chi connectivity index (χ0n) is 24.9. The highest BCUT2D eigenvalue weighted by molar-refractivity contribution is 7.90. The molecule has 0 bridgehead atoms. The number of halogens is 6. The number of nitriles is 1. The SMILES string of the molecule is CC(C)(CNc1ccc(C#N)c(C(F)(F)F)c1)NC/C=C\CN1C(=O)N(c2ccc(S(C)(=O)=O)c(C(F)(F)F)c2)C(=O)C1(C)C. The summed E-state index contributed by atoms with van der Waals surface area (Å²) >= 11 is 0. The predicted octanol–water partition coefficient (Wildman–Crippen LogP) is 5.58. The quantitative estimate of drug-likeness (QED) is 0.194. The topological polar surface area (TPSA) is 123 Å². The van der Waals surface area contributed by atoms with Crippen LogP contribution in [0, 0.1) is 11.3 Å². The third-order valence-corrected chi connectivity index (χ3v) is 8.24. The maximum atomic E-state index is 13.7. The van der Waals surface area contributed by atoms with E-state index in [0.29, 0.717) is 23.3 Å². The number of imide groups is 1. The van der Waals surface area contributed by atoms with Crippen molar-refractivity contribution in [2.75, 3.05) is 36.1 Å². The van der Waals surface area contributed by atoms with Crippen molar-refractivity contribution in [1.82, 2.24) is 10.2 Å². The number of hydrogen-bond donors (Lipinski definition) is 2. The number of hydrogen-bond acceptors (Lipinski definition) is 7. The molecule has 3 amide bonds. The number of carbonyl (C=O) groups excluding carboxylic acids is 2. The summed E-state index contributed by atoms with van der Waals surface area (Å²) in [5, 5.41) is 15.0. The molecule has 9 nitrogen and oxygen atoms in total. The minimum absolute atomic E-state index is 0.0898. The maximum absolute atomic E-state index is 13.7. The summed E-state index contributed by atoms with van der Waals surface area (Å²) in [5.41, 5.74) is -5.37. The second-order valence-electron chi connectivity index (χ2n) is 11.5. The molecule has 0 atom stereocenters. The number of alkyl halides is 6. The molecule has 2 N–H and O–H groups in total. The third kappa shape index (κ3) is 7.95. The number of carbonyl (C=O) groups is 2. The molecule has 0 aliphatic carbocycles. The lowest BCUT2D eigenvalue weighted by atomic mass is 10.0. The number of nitrogens with one attached hydrogen (secondary N) is 2. The number of urea groups is 1. The van der Waals surface area contributed by atoms with Crippen molar-refractivity contribution < 1.29 is 44.3 Å². The van der Waals surface area contributed by atoms with Crippen molar-refractivity contribution in [1.29, 1.82) is 5.26 Å². The van der Waals surface area contributed by atoms with E-state index in [9.17, 15) is 44.3 Å². The summed E-state index contributed by atoms with van der Waals surface area (Å²) < 4.78 is 105. The smallest absolute Gasteiger partial charge is 0.383 e. The molecule has 16 heteroatoms. The second kappa shape index (κ2) is 12.4. The molecule has 244 valence electrons. The van der Waals surface area contributed by atoms with Crippen LogP contribution in [0.2, 0.25) is 0 Å². The molecule has 0 unspecified atom stereocenters. The van der Waals surface area contributed by atoms with Gasteiger partial charge < -0.3 is 15.5 Å². The molecule has 3 rings (SSSR count). The number of anilines is 2. The normalized spacial score (nSPS) is 16.0. The molecule has 0 saturated carbocycles. The van der Waals surface area contributed by atoms with Gasteiger partial charge in [0.2, 0.25) is 0 Å². The van der Waals surface area contributed by atoms with E-state index in [4.69, 9.17) is 5.26 Å². The molecule has 1 fully saturated rings. The van der Waals surface area contributed by atoms with Crippen LogP contribution in [0.15, 0.2) is 53.4 Å². The third-order valence-electron chi connectivity index (χ3n) is 7.08. The van der Waals surface area contributed by atoms with Crippen molar-refractivity contribution in [3.8, 4) is 6.07 Å². The van der Waals surface area contributed by atoms with Crippen molar-refractivity contribution in [3.05, 3.63) is 65.2 Å². The van der Waals surface area contributed by atoms with Gasteiger partial charge in [0.05, 0.1) is 33.3 Å². The fraction of sp³-hybridized carbons (Fsp3) is 0.414. The van der Waals surface area contributed by atoms with E-state index in [-0.39, 0.29) is 25.3 Å². The largest absolute Gasteiger partial charge is 0.417 e. The monoisotopic (exact) mass is 659 g/mol. The van der Waals surface area contributed by atoms with Gasteiger partial charge >= 0.3 is 18.4 Å². The van der Waals surface area contributed by atoms with Crippen LogP contribution in [0.4, 0.5) is 42.5 Å². The Kier molecular flexibility index (Phi) is 9.72. The molecule has 1 saturated heterocycles. The van der Waals surface area contributed by atoms with Gasteiger partial charge in [0.1, 0.15) is 5.54 Å². The highest BCUT2D eigenvalue weighted by Crippen LogP contribution is 2.39. The van der Waals surface area contributed by atoms with Gasteiger partial charge in [0, 0.05) is 37.1 Å². The van der Waals surface area contributed by atoms with Crippen LogP contribution in [0.1, 0.15) is 44.4 Å². The molecule has 2 aromatic carbocycles. The molecule has 45 heavy (non-hydrogen) atoms. The number of nitrogens with zero attached hydrogens (tertiary/aromatic N) is 3. The Bertz CT molecular complexity index is 1660. The minimum atomic E-state index is -5.07. The summed E-state index contributed by atoms with van der Waals surface area (Å²) in [6, 6.07) is 6.08. The fourth-order valence-corrected chi connectivity index (χ4v) is 5.43. The van der Waals surface area contributed by atoms with Gasteiger partial charge in [-0.2, -0.15) is 31.6 Å². The van der Waals surface area contributed by atoms with E-state index in [0.717, 1.165) is 23.1 Å². The molecule has 0 spiro atoms. The maximum Gasteiger partial charge on any atom is 0.417 e. The van der Waals surface area contributed by atoms with E-state index in [1.54, 1.807) is 26.0 Å². The standard InChI is InChI=1S/C29H31F6N5O4S/c1-26(2,17-37-19-9-8-18(16-36)21(14-19)28(30,31)32)38-12-6-7-13-39-25(42)40(24(41)27(39,3)4)20-10-11-23(45(5,43)44)22(15-20)29(33,34)35/h6-11,14-15,37-38H,12-13,17H2,1-5H3/b7-6-. The molecule has 1 heterocycles. The van der Waals surface area contributed by atoms with Crippen molar-refractivity contribution >= 4 is 33.2 Å². The zero-order valence-corrected chi connectivity index (χ0v) is 25.7. The molecule has 0 aromatic heterocycles. The van der Waals surface area contributed by atoms with Gasteiger partial charge in [-0.05, 0) is 64.1 Å². The van der Waals surface area contributed by atoms with E-state index in [2.05, 4.69) is 10.6 Å². The Morgan fingerprint density at radius 2 is 1.58 bits per heavy atom. The number of sulfone groups is 1. The zero-order chi connectivity index (χ0) is 34.2. The Hall–Kier alpha value is -4.10. The summed E-state index contributed by atoms with van der Waals surface area (Å²) in [4.78, 5) is 27.1. The van der Waals surface area contributed by atoms with Gasteiger partial charge in [0.25, 0.3) is 5.91 Å². The molecule has 0 radical (unpaired) electrons. The number of benzene rings is 2. The Balaban J connectivity index is 1.67. The summed E-state index contributed by atoms with van der Waals surface area (Å²) in [5.74, 6) is -0.803. The number of rotatable bonds is 10. The van der Waals surface area contributed by atoms with E-state index in [1.165, 1.54) is 26.0 Å². The lowest BCUT2D eigenvalue weighted by Crippen LogP contribution is -2.45. The highest BCUT2D eigenvalue weighted by atomic mass is 32.2. The van der Waals surface area contributed by atoms with Crippen molar-refractivity contribution in [3.63, 3.8) is 0 Å². The van der Waals surface area contributed by atoms with Crippen LogP contribution in [0.5, 0.6) is 0 Å². The van der Waals surface area contributed by atoms with Gasteiger partial charge in [-0.25, -0.2) is 18.1 Å². The van der Waals surface area contributed by atoms with Gasteiger partial charge in [-0.1, -0.05) is 12.2 Å². The molecular formula is C29H31F6N5O4S. The van der Waals surface area contributed by atoms with Crippen LogP contribution in [-0.2, 0) is 27.0 Å². The molecule has 1 aliphatic rings. The van der Waals surface area contributed by atoms with Crippen LogP contribution in [0.3, 0.4) is 0 Å². The van der Waals surface area contributed by atoms with E-state index < -0.39 is 72.5 Å². The first kappa shape index (κ1) is 35.4. The summed E-state index contributed by atoms with van der Waals surface area (Å²) in [6.07, 6.45) is -5.93. The predicted molar refractivity (Wildman–Crippen MR) is 154 cm³/mol. The van der Waals surface area contributed by atoms with Crippen molar-refractivity contribution in [2.45, 2.75) is 56.0 Å². The Labute approximate surface area is 256 Å². The van der Waals surface area contributed by atoms with Crippen LogP contribution >= 0.6 is 0 Å². The van der Waals surface area contributed by atoms with Crippen LogP contribution in [0.25, 0.3) is 0 Å². The first-order chi connectivity index (χ1) is 20.5. The lowest BCUT2D eigenvalue weighted by Gasteiger charge is -2.27. The Morgan fingerprint density at radius 1 is 0.956 bits per heavy atom. The van der Waals surface area contributed by atoms with Crippen molar-refractivity contribution in [2.24, 2.45) is 0 Å². The summed E-state index contributed by atoms with van der Waals surface area (Å²) in [7, 11) is -4.26. The molecular weight excluding hydrogens is 628 g/mol. The summed E-state index contributed by atoms with van der Waals surface area (Å²) in [6.45, 7) is 6.79. The van der Waals surface area contributed by atoms with Crippen LogP contribution < -0.4 is 15.5 Å². The second-order valence-corrected chi connectivity index (χ2v) is 13.5. The average Bonchev–Trinajstić information content (AvgIpc) is 3.08. The van der Waals surface area contributed by atoms with E-state index >= 15 is 0 Å². The molecule has 1 aliphatic heterocycles.